The summed E-state index contributed by atoms with van der Waals surface area (Å²) in [6.45, 7) is 2.37. The molecule has 4 aromatic rings. The molecule has 0 atom stereocenters. The minimum Gasteiger partial charge on any atom is -0.497 e. The van der Waals surface area contributed by atoms with Gasteiger partial charge in [0, 0.05) is 24.9 Å². The van der Waals surface area contributed by atoms with Crippen molar-refractivity contribution in [1.29, 1.82) is 0 Å². The second kappa shape index (κ2) is 7.56. The predicted octanol–water partition coefficient (Wildman–Crippen LogP) is 4.03. The quantitative estimate of drug-likeness (QED) is 0.506. The first-order chi connectivity index (χ1) is 13.6. The van der Waals surface area contributed by atoms with E-state index in [1.54, 1.807) is 11.8 Å². The van der Waals surface area contributed by atoms with Crippen molar-refractivity contribution in [3.05, 3.63) is 66.0 Å². The summed E-state index contributed by atoms with van der Waals surface area (Å²) in [6.07, 6.45) is 1.87. The van der Waals surface area contributed by atoms with E-state index < -0.39 is 0 Å². The van der Waals surface area contributed by atoms with Crippen molar-refractivity contribution in [2.75, 3.05) is 7.11 Å². The third-order valence-corrected chi connectivity index (χ3v) is 4.32. The standard InChI is InChI=1S/C21H20N4O3/c1-14-19(12-25(2)24-14)21-23-22-20(28-21)16-9-7-15(8-10-16)13-27-18-6-4-5-17(11-18)26-3/h4-12H,13H2,1-3H3. The van der Waals surface area contributed by atoms with Crippen molar-refractivity contribution < 1.29 is 13.9 Å². The second-order valence-corrected chi connectivity index (χ2v) is 6.38. The van der Waals surface area contributed by atoms with Crippen LogP contribution in [0.25, 0.3) is 22.9 Å². The van der Waals surface area contributed by atoms with Gasteiger partial charge in [0.05, 0.1) is 18.4 Å². The van der Waals surface area contributed by atoms with Crippen molar-refractivity contribution in [3.8, 4) is 34.4 Å². The van der Waals surface area contributed by atoms with Crippen LogP contribution in [-0.4, -0.2) is 27.1 Å². The highest BCUT2D eigenvalue weighted by molar-refractivity contribution is 5.59. The third-order valence-electron chi connectivity index (χ3n) is 4.32. The number of rotatable bonds is 6. The Morgan fingerprint density at radius 1 is 1.00 bits per heavy atom. The zero-order chi connectivity index (χ0) is 19.5. The maximum Gasteiger partial charge on any atom is 0.251 e. The molecule has 0 aliphatic heterocycles. The molecule has 0 amide bonds. The average Bonchev–Trinajstić information content (AvgIpc) is 3.33. The maximum absolute atomic E-state index is 5.82. The van der Waals surface area contributed by atoms with Crippen LogP contribution in [0.2, 0.25) is 0 Å². The van der Waals surface area contributed by atoms with Gasteiger partial charge in [-0.25, -0.2) is 0 Å². The Hall–Kier alpha value is -3.61. The Labute approximate surface area is 162 Å². The van der Waals surface area contributed by atoms with E-state index in [0.717, 1.165) is 33.9 Å². The van der Waals surface area contributed by atoms with Gasteiger partial charge in [0.1, 0.15) is 18.1 Å². The molecule has 0 bridgehead atoms. The molecule has 142 valence electrons. The predicted molar refractivity (Wildman–Crippen MR) is 104 cm³/mol. The summed E-state index contributed by atoms with van der Waals surface area (Å²) in [7, 11) is 3.50. The van der Waals surface area contributed by atoms with Crippen LogP contribution in [0.1, 0.15) is 11.3 Å². The van der Waals surface area contributed by atoms with Crippen LogP contribution in [0.5, 0.6) is 11.5 Å². The summed E-state index contributed by atoms with van der Waals surface area (Å²) in [6, 6.07) is 15.4. The summed E-state index contributed by atoms with van der Waals surface area (Å²) in [5.74, 6) is 2.46. The highest BCUT2D eigenvalue weighted by Gasteiger charge is 2.14. The van der Waals surface area contributed by atoms with Crippen molar-refractivity contribution >= 4 is 0 Å². The molecule has 2 heterocycles. The van der Waals surface area contributed by atoms with Crippen LogP contribution in [0, 0.1) is 6.92 Å². The van der Waals surface area contributed by atoms with Gasteiger partial charge in [0.15, 0.2) is 0 Å². The largest absolute Gasteiger partial charge is 0.497 e. The number of hydrogen-bond acceptors (Lipinski definition) is 6. The van der Waals surface area contributed by atoms with E-state index in [1.807, 2.05) is 68.7 Å². The Bertz CT molecular complexity index is 1080. The monoisotopic (exact) mass is 376 g/mol. The highest BCUT2D eigenvalue weighted by Crippen LogP contribution is 2.26. The van der Waals surface area contributed by atoms with E-state index in [0.29, 0.717) is 18.4 Å². The topological polar surface area (TPSA) is 75.2 Å². The molecule has 7 nitrogen and oxygen atoms in total. The lowest BCUT2D eigenvalue weighted by atomic mass is 10.1. The first-order valence-electron chi connectivity index (χ1n) is 8.82. The van der Waals surface area contributed by atoms with Gasteiger partial charge >= 0.3 is 0 Å². The molecule has 2 aromatic carbocycles. The van der Waals surface area contributed by atoms with E-state index >= 15 is 0 Å². The maximum atomic E-state index is 5.82. The lowest BCUT2D eigenvalue weighted by Crippen LogP contribution is -1.95. The number of aryl methyl sites for hydroxylation is 2. The van der Waals surface area contributed by atoms with E-state index in [2.05, 4.69) is 15.3 Å². The lowest BCUT2D eigenvalue weighted by molar-refractivity contribution is 0.303. The SMILES string of the molecule is COc1cccc(OCc2ccc(-c3nnc(-c4cn(C)nc4C)o3)cc2)c1. The Kier molecular flexibility index (Phi) is 4.80. The zero-order valence-electron chi connectivity index (χ0n) is 15.9. The molecule has 7 heteroatoms. The highest BCUT2D eigenvalue weighted by atomic mass is 16.5. The summed E-state index contributed by atoms with van der Waals surface area (Å²) in [5.41, 5.74) is 3.58. The van der Waals surface area contributed by atoms with Gasteiger partial charge in [-0.15, -0.1) is 10.2 Å². The minimum atomic E-state index is 0.456. The van der Waals surface area contributed by atoms with E-state index in [1.165, 1.54) is 0 Å². The molecule has 2 aromatic heterocycles. The van der Waals surface area contributed by atoms with Gasteiger partial charge in [0.2, 0.25) is 5.89 Å². The molecule has 0 aliphatic rings. The Balaban J connectivity index is 1.45. The molecule has 0 saturated carbocycles. The lowest BCUT2D eigenvalue weighted by Gasteiger charge is -2.08. The van der Waals surface area contributed by atoms with Crippen LogP contribution >= 0.6 is 0 Å². The van der Waals surface area contributed by atoms with Crippen molar-refractivity contribution in [2.24, 2.45) is 7.05 Å². The number of ether oxygens (including phenoxy) is 2. The number of aromatic nitrogens is 4. The molecule has 0 saturated heterocycles. The van der Waals surface area contributed by atoms with E-state index in [-0.39, 0.29) is 0 Å². The van der Waals surface area contributed by atoms with E-state index in [9.17, 15) is 0 Å². The molecule has 4 rings (SSSR count). The second-order valence-electron chi connectivity index (χ2n) is 6.38. The molecular formula is C21H20N4O3. The van der Waals surface area contributed by atoms with Gasteiger partial charge < -0.3 is 13.9 Å². The molecule has 0 spiro atoms. The zero-order valence-corrected chi connectivity index (χ0v) is 15.9. The normalized spacial score (nSPS) is 10.8. The summed E-state index contributed by atoms with van der Waals surface area (Å²) < 4.78 is 18.6. The van der Waals surface area contributed by atoms with Gasteiger partial charge in [-0.2, -0.15) is 5.10 Å². The molecule has 28 heavy (non-hydrogen) atoms. The number of nitrogens with zero attached hydrogens (tertiary/aromatic N) is 4. The minimum absolute atomic E-state index is 0.456. The van der Waals surface area contributed by atoms with Crippen LogP contribution < -0.4 is 9.47 Å². The van der Waals surface area contributed by atoms with Crippen molar-refractivity contribution in [3.63, 3.8) is 0 Å². The van der Waals surface area contributed by atoms with Gasteiger partial charge in [0.25, 0.3) is 5.89 Å². The molecule has 0 radical (unpaired) electrons. The van der Waals surface area contributed by atoms with Crippen molar-refractivity contribution in [1.82, 2.24) is 20.0 Å². The molecule has 0 N–H and O–H groups in total. The van der Waals surface area contributed by atoms with Crippen LogP contribution in [-0.2, 0) is 13.7 Å². The Morgan fingerprint density at radius 2 is 1.75 bits per heavy atom. The van der Waals surface area contributed by atoms with E-state index in [4.69, 9.17) is 13.9 Å². The number of hydrogen-bond donors (Lipinski definition) is 0. The average molecular weight is 376 g/mol. The van der Waals surface area contributed by atoms with Crippen LogP contribution in [0.4, 0.5) is 0 Å². The van der Waals surface area contributed by atoms with Gasteiger partial charge in [-0.1, -0.05) is 18.2 Å². The summed E-state index contributed by atoms with van der Waals surface area (Å²) in [5, 5.41) is 12.6. The fourth-order valence-electron chi connectivity index (χ4n) is 2.86. The van der Waals surface area contributed by atoms with Crippen LogP contribution in [0.15, 0.2) is 59.1 Å². The first-order valence-corrected chi connectivity index (χ1v) is 8.82. The van der Waals surface area contributed by atoms with Gasteiger partial charge in [-0.3, -0.25) is 4.68 Å². The van der Waals surface area contributed by atoms with Crippen molar-refractivity contribution in [2.45, 2.75) is 13.5 Å². The fourth-order valence-corrected chi connectivity index (χ4v) is 2.86. The number of benzene rings is 2. The summed E-state index contributed by atoms with van der Waals surface area (Å²) in [4.78, 5) is 0. The third kappa shape index (κ3) is 3.73. The summed E-state index contributed by atoms with van der Waals surface area (Å²) >= 11 is 0. The molecule has 0 unspecified atom stereocenters. The smallest absolute Gasteiger partial charge is 0.251 e. The first kappa shape index (κ1) is 17.8. The Morgan fingerprint density at radius 3 is 2.46 bits per heavy atom. The molecular weight excluding hydrogens is 356 g/mol. The van der Waals surface area contributed by atoms with Gasteiger partial charge in [-0.05, 0) is 36.8 Å². The molecule has 0 aliphatic carbocycles. The fraction of sp³-hybridized carbons (Fsp3) is 0.190. The molecule has 0 fully saturated rings. The number of methoxy groups -OCH3 is 1. The van der Waals surface area contributed by atoms with Crippen LogP contribution in [0.3, 0.4) is 0 Å².